The van der Waals surface area contributed by atoms with Gasteiger partial charge >= 0.3 is 0 Å². The smallest absolute Gasteiger partial charge is 0.251 e. The lowest BCUT2D eigenvalue weighted by molar-refractivity contribution is 0.0923. The summed E-state index contributed by atoms with van der Waals surface area (Å²) in [6.45, 7) is 3.49. The number of aryl methyl sites for hydroxylation is 1. The molecule has 2 aromatic rings. The van der Waals surface area contributed by atoms with E-state index >= 15 is 0 Å². The number of aromatic nitrogens is 2. The highest BCUT2D eigenvalue weighted by atomic mass is 35.5. The van der Waals surface area contributed by atoms with Crippen LogP contribution in [0.4, 0.5) is 0 Å². The first-order valence-corrected chi connectivity index (χ1v) is 7.07. The molecule has 0 spiro atoms. The number of hydrogen-bond donors (Lipinski definition) is 2. The molecule has 7 heteroatoms. The fraction of sp³-hybridized carbons (Fsp3) is 0.267. The monoisotopic (exact) mass is 321 g/mol. The molecule has 0 aliphatic carbocycles. The second-order valence-electron chi connectivity index (χ2n) is 4.77. The van der Waals surface area contributed by atoms with Crippen molar-refractivity contribution in [1.29, 1.82) is 0 Å². The molecule has 1 aromatic heterocycles. The van der Waals surface area contributed by atoms with Gasteiger partial charge in [-0.1, -0.05) is 17.7 Å². The number of nitrogens with one attached hydrogen (secondary N) is 1. The number of amides is 1. The van der Waals surface area contributed by atoms with Crippen LogP contribution in [0.1, 0.15) is 23.1 Å². The minimum atomic E-state index is -0.602. The van der Waals surface area contributed by atoms with Gasteiger partial charge in [-0.25, -0.2) is 4.98 Å². The first-order chi connectivity index (χ1) is 10.4. The van der Waals surface area contributed by atoms with Crippen LogP contribution in [-0.4, -0.2) is 33.6 Å². The Morgan fingerprint density at radius 3 is 2.86 bits per heavy atom. The first-order valence-electron chi connectivity index (χ1n) is 6.69. The predicted molar refractivity (Wildman–Crippen MR) is 82.3 cm³/mol. The molecule has 2 N–H and O–H groups in total. The van der Waals surface area contributed by atoms with Gasteiger partial charge in [0, 0.05) is 18.2 Å². The highest BCUT2D eigenvalue weighted by molar-refractivity contribution is 6.29. The van der Waals surface area contributed by atoms with E-state index in [0.29, 0.717) is 23.0 Å². The summed E-state index contributed by atoms with van der Waals surface area (Å²) in [5, 5.41) is 12.1. The van der Waals surface area contributed by atoms with Gasteiger partial charge in [-0.3, -0.25) is 4.79 Å². The molecule has 1 heterocycles. The van der Waals surface area contributed by atoms with Crippen molar-refractivity contribution in [2.45, 2.75) is 20.0 Å². The van der Waals surface area contributed by atoms with Crippen LogP contribution < -0.4 is 10.1 Å². The third-order valence-electron chi connectivity index (χ3n) is 2.66. The molecule has 0 bridgehead atoms. The van der Waals surface area contributed by atoms with E-state index in [1.54, 1.807) is 38.1 Å². The maximum Gasteiger partial charge on any atom is 0.251 e. The lowest BCUT2D eigenvalue weighted by Gasteiger charge is -2.09. The van der Waals surface area contributed by atoms with Gasteiger partial charge < -0.3 is 15.2 Å². The van der Waals surface area contributed by atoms with Crippen molar-refractivity contribution in [2.75, 3.05) is 6.54 Å². The maximum atomic E-state index is 11.9. The number of aliphatic hydroxyl groups excluding tert-OH is 1. The topological polar surface area (TPSA) is 84.3 Å². The van der Waals surface area contributed by atoms with Crippen molar-refractivity contribution in [3.8, 4) is 11.6 Å². The molecule has 1 amide bonds. The van der Waals surface area contributed by atoms with Crippen LogP contribution >= 0.6 is 11.6 Å². The lowest BCUT2D eigenvalue weighted by atomic mass is 10.2. The zero-order valence-electron chi connectivity index (χ0n) is 12.2. The number of benzene rings is 1. The Balaban J connectivity index is 2.12. The zero-order valence-corrected chi connectivity index (χ0v) is 13.0. The molecule has 0 aliphatic heterocycles. The normalized spacial score (nSPS) is 11.8. The molecule has 1 aromatic carbocycles. The van der Waals surface area contributed by atoms with Crippen LogP contribution in [0.5, 0.6) is 11.6 Å². The average molecular weight is 322 g/mol. The van der Waals surface area contributed by atoms with E-state index in [1.807, 2.05) is 0 Å². The van der Waals surface area contributed by atoms with E-state index in [1.165, 1.54) is 6.07 Å². The molecular weight excluding hydrogens is 306 g/mol. The maximum absolute atomic E-state index is 11.9. The highest BCUT2D eigenvalue weighted by Crippen LogP contribution is 2.22. The third-order valence-corrected chi connectivity index (χ3v) is 2.85. The summed E-state index contributed by atoms with van der Waals surface area (Å²) in [5.41, 5.74) is 0.426. The van der Waals surface area contributed by atoms with Crippen molar-refractivity contribution >= 4 is 17.5 Å². The average Bonchev–Trinajstić information content (AvgIpc) is 2.44. The number of halogens is 1. The lowest BCUT2D eigenvalue weighted by Crippen LogP contribution is -2.30. The van der Waals surface area contributed by atoms with Gasteiger partial charge in [-0.15, -0.1) is 0 Å². The molecule has 1 atom stereocenters. The van der Waals surface area contributed by atoms with Gasteiger partial charge in [-0.05, 0) is 32.0 Å². The Labute approximate surface area is 133 Å². The standard InChI is InChI=1S/C15H16ClN3O3/c1-9(20)8-17-15(21)11-4-3-5-12(6-11)22-14-7-13(16)18-10(2)19-14/h3-7,9,20H,8H2,1-2H3,(H,17,21). The van der Waals surface area contributed by atoms with E-state index in [9.17, 15) is 9.90 Å². The van der Waals surface area contributed by atoms with Crippen LogP contribution in [0.3, 0.4) is 0 Å². The first kappa shape index (κ1) is 16.2. The summed E-state index contributed by atoms with van der Waals surface area (Å²) in [6, 6.07) is 8.14. The molecule has 22 heavy (non-hydrogen) atoms. The Morgan fingerprint density at radius 1 is 1.41 bits per heavy atom. The van der Waals surface area contributed by atoms with Crippen LogP contribution in [0.2, 0.25) is 5.15 Å². The minimum Gasteiger partial charge on any atom is -0.439 e. The van der Waals surface area contributed by atoms with Crippen LogP contribution in [-0.2, 0) is 0 Å². The molecule has 116 valence electrons. The Morgan fingerprint density at radius 2 is 2.18 bits per heavy atom. The van der Waals surface area contributed by atoms with E-state index in [0.717, 1.165) is 0 Å². The molecule has 0 saturated heterocycles. The van der Waals surface area contributed by atoms with E-state index in [-0.39, 0.29) is 17.6 Å². The van der Waals surface area contributed by atoms with Crippen molar-refractivity contribution in [2.24, 2.45) is 0 Å². The third kappa shape index (κ3) is 4.68. The van der Waals surface area contributed by atoms with Crippen molar-refractivity contribution in [1.82, 2.24) is 15.3 Å². The molecule has 0 saturated carbocycles. The fourth-order valence-corrected chi connectivity index (χ4v) is 1.94. The van der Waals surface area contributed by atoms with Crippen LogP contribution in [0, 0.1) is 6.92 Å². The zero-order chi connectivity index (χ0) is 16.1. The summed E-state index contributed by atoms with van der Waals surface area (Å²) in [4.78, 5) is 20.0. The van der Waals surface area contributed by atoms with E-state index < -0.39 is 6.10 Å². The number of carbonyl (C=O) groups excluding carboxylic acids is 1. The van der Waals surface area contributed by atoms with Crippen molar-refractivity contribution < 1.29 is 14.6 Å². The molecular formula is C15H16ClN3O3. The van der Waals surface area contributed by atoms with Gasteiger partial charge in [-0.2, -0.15) is 4.98 Å². The summed E-state index contributed by atoms with van der Waals surface area (Å²) in [6.07, 6.45) is -0.602. The molecule has 0 aliphatic rings. The van der Waals surface area contributed by atoms with Crippen molar-refractivity contribution in [3.05, 3.63) is 46.9 Å². The van der Waals surface area contributed by atoms with Gasteiger partial charge in [0.1, 0.15) is 16.7 Å². The number of carbonyl (C=O) groups is 1. The molecule has 0 fully saturated rings. The summed E-state index contributed by atoms with van der Waals surface area (Å²) in [7, 11) is 0. The van der Waals surface area contributed by atoms with Gasteiger partial charge in [0.05, 0.1) is 6.10 Å². The molecule has 6 nitrogen and oxygen atoms in total. The molecule has 0 radical (unpaired) electrons. The number of rotatable bonds is 5. The summed E-state index contributed by atoms with van der Waals surface area (Å²) >= 11 is 5.85. The molecule has 2 rings (SSSR count). The number of ether oxygens (including phenoxy) is 1. The van der Waals surface area contributed by atoms with Gasteiger partial charge in [0.2, 0.25) is 5.88 Å². The molecule has 1 unspecified atom stereocenters. The number of nitrogens with zero attached hydrogens (tertiary/aromatic N) is 2. The number of hydrogen-bond acceptors (Lipinski definition) is 5. The van der Waals surface area contributed by atoms with Crippen molar-refractivity contribution in [3.63, 3.8) is 0 Å². The summed E-state index contributed by atoms with van der Waals surface area (Å²) < 4.78 is 5.59. The van der Waals surface area contributed by atoms with E-state index in [2.05, 4.69) is 15.3 Å². The second kappa shape index (κ2) is 7.20. The van der Waals surface area contributed by atoms with E-state index in [4.69, 9.17) is 16.3 Å². The quantitative estimate of drug-likeness (QED) is 0.826. The van der Waals surface area contributed by atoms with Gasteiger partial charge in [0.25, 0.3) is 5.91 Å². The summed E-state index contributed by atoms with van der Waals surface area (Å²) in [5.74, 6) is 0.967. The van der Waals surface area contributed by atoms with Gasteiger partial charge in [0.15, 0.2) is 0 Å². The highest BCUT2D eigenvalue weighted by Gasteiger charge is 2.09. The largest absolute Gasteiger partial charge is 0.439 e. The van der Waals surface area contributed by atoms with Crippen LogP contribution in [0.15, 0.2) is 30.3 Å². The predicted octanol–water partition coefficient (Wildman–Crippen LogP) is 2.34. The Hall–Kier alpha value is -2.18. The number of aliphatic hydroxyl groups is 1. The van der Waals surface area contributed by atoms with Crippen LogP contribution in [0.25, 0.3) is 0 Å². The fourth-order valence-electron chi connectivity index (χ4n) is 1.72. The Bertz CT molecular complexity index is 657. The second-order valence-corrected chi connectivity index (χ2v) is 5.15. The minimum absolute atomic E-state index is 0.185. The Kier molecular flexibility index (Phi) is 5.30. The SMILES string of the molecule is Cc1nc(Cl)cc(Oc2cccc(C(=O)NCC(C)O)c2)n1.